The largest absolute Gasteiger partial charge is 0.424 e. The number of alkyl halides is 3. The first kappa shape index (κ1) is 22.1. The summed E-state index contributed by atoms with van der Waals surface area (Å²) < 4.78 is 56.0. The summed E-state index contributed by atoms with van der Waals surface area (Å²) in [5.74, 6) is -1.96. The molecule has 0 spiro atoms. The molecule has 0 amide bonds. The maximum atomic E-state index is 13.7. The van der Waals surface area contributed by atoms with Gasteiger partial charge in [-0.25, -0.2) is 9.07 Å². The fourth-order valence-corrected chi connectivity index (χ4v) is 5.93. The van der Waals surface area contributed by atoms with Gasteiger partial charge in [-0.3, -0.25) is 4.79 Å². The van der Waals surface area contributed by atoms with Gasteiger partial charge in [0.2, 0.25) is 5.60 Å². The van der Waals surface area contributed by atoms with Gasteiger partial charge >= 0.3 is 6.18 Å². The number of ketones is 1. The van der Waals surface area contributed by atoms with Crippen molar-refractivity contribution in [3.05, 3.63) is 59.5 Å². The summed E-state index contributed by atoms with van der Waals surface area (Å²) in [6, 6.07) is 9.93. The van der Waals surface area contributed by atoms with Crippen LogP contribution < -0.4 is 0 Å². The summed E-state index contributed by atoms with van der Waals surface area (Å²) in [7, 11) is 0. The van der Waals surface area contributed by atoms with Gasteiger partial charge in [-0.15, -0.1) is 0 Å². The molecule has 0 radical (unpaired) electrons. The van der Waals surface area contributed by atoms with E-state index in [2.05, 4.69) is 5.10 Å². The average molecular weight is 460 g/mol. The number of rotatable bonds is 2. The lowest BCUT2D eigenvalue weighted by Crippen LogP contribution is -2.60. The molecule has 1 heterocycles. The second kappa shape index (κ2) is 7.38. The van der Waals surface area contributed by atoms with E-state index >= 15 is 0 Å². The van der Waals surface area contributed by atoms with E-state index < -0.39 is 35.3 Å². The zero-order valence-corrected chi connectivity index (χ0v) is 18.1. The molecule has 8 heteroatoms. The first-order chi connectivity index (χ1) is 15.6. The van der Waals surface area contributed by atoms with Crippen LogP contribution >= 0.6 is 0 Å². The predicted octanol–water partition coefficient (Wildman–Crippen LogP) is 5.42. The second-order valence-corrected chi connectivity index (χ2v) is 9.36. The number of aryl methyl sites for hydroxylation is 1. The topological polar surface area (TPSA) is 55.1 Å². The molecule has 33 heavy (non-hydrogen) atoms. The number of aromatic nitrogens is 2. The number of fused-ring (bicyclic) bond motifs is 4. The van der Waals surface area contributed by atoms with Crippen molar-refractivity contribution in [2.24, 2.45) is 5.92 Å². The molecule has 1 N–H and O–H groups in total. The molecular weight excluding hydrogens is 436 g/mol. The number of hydrogen-bond acceptors (Lipinski definition) is 3. The van der Waals surface area contributed by atoms with Crippen molar-refractivity contribution in [2.45, 2.75) is 62.6 Å². The molecule has 1 saturated carbocycles. The Kier molecular flexibility index (Phi) is 4.94. The van der Waals surface area contributed by atoms with E-state index in [1.165, 1.54) is 12.1 Å². The highest BCUT2D eigenvalue weighted by atomic mass is 19.4. The Morgan fingerprint density at radius 1 is 1.21 bits per heavy atom. The van der Waals surface area contributed by atoms with E-state index in [1.54, 1.807) is 23.0 Å². The van der Waals surface area contributed by atoms with Gasteiger partial charge in [0.15, 0.2) is 5.78 Å². The Morgan fingerprint density at radius 2 is 1.94 bits per heavy atom. The minimum Gasteiger partial charge on any atom is -0.374 e. The Morgan fingerprint density at radius 3 is 2.61 bits per heavy atom. The molecule has 1 fully saturated rings. The van der Waals surface area contributed by atoms with Crippen LogP contribution in [-0.2, 0) is 16.6 Å². The van der Waals surface area contributed by atoms with Gasteiger partial charge in [-0.1, -0.05) is 6.92 Å². The van der Waals surface area contributed by atoms with Gasteiger partial charge in [0.25, 0.3) is 0 Å². The Bertz CT molecular complexity index is 1230. The number of nitrogens with zero attached hydrogens (tertiary/aromatic N) is 2. The van der Waals surface area contributed by atoms with Gasteiger partial charge in [-0.2, -0.15) is 18.3 Å². The molecule has 2 aliphatic carbocycles. The molecule has 0 unspecified atom stereocenters. The highest BCUT2D eigenvalue weighted by molar-refractivity contribution is 5.91. The number of benzene rings is 2. The van der Waals surface area contributed by atoms with Crippen LogP contribution in [0.5, 0.6) is 0 Å². The molecule has 0 saturated heterocycles. The van der Waals surface area contributed by atoms with Crippen LogP contribution in [0.25, 0.3) is 16.6 Å². The smallest absolute Gasteiger partial charge is 0.374 e. The fraction of sp³-hybridized carbons (Fsp3) is 0.440. The third-order valence-electron chi connectivity index (χ3n) is 7.76. The monoisotopic (exact) mass is 460 g/mol. The molecule has 0 aliphatic heterocycles. The predicted molar refractivity (Wildman–Crippen MR) is 115 cm³/mol. The van der Waals surface area contributed by atoms with E-state index in [0.29, 0.717) is 31.4 Å². The summed E-state index contributed by atoms with van der Waals surface area (Å²) in [6.45, 7) is 1.90. The zero-order chi connectivity index (χ0) is 23.6. The first-order valence-electron chi connectivity index (χ1n) is 11.2. The van der Waals surface area contributed by atoms with Gasteiger partial charge in [0.05, 0.1) is 17.4 Å². The van der Waals surface area contributed by atoms with Crippen molar-refractivity contribution in [3.63, 3.8) is 0 Å². The van der Waals surface area contributed by atoms with E-state index in [9.17, 15) is 27.5 Å². The number of halogens is 4. The van der Waals surface area contributed by atoms with E-state index in [0.717, 1.165) is 22.0 Å². The molecule has 0 bridgehead atoms. The summed E-state index contributed by atoms with van der Waals surface area (Å²) in [5, 5.41) is 15.6. The standard InChI is InChI=1S/C25H24F4N2O2/c1-2-23-13-22(32)24(33,25(27,28)29)12-17(23)5-3-4-15-11-21-16(10-20(15)23)14-30-31(21)19-8-6-18(26)7-9-19/h6-11,14,17,33H,2-5,12-13H2,1H3/t17-,23-,24+/m1/s1. The first-order valence-corrected chi connectivity index (χ1v) is 11.2. The van der Waals surface area contributed by atoms with E-state index in [4.69, 9.17) is 0 Å². The molecular formula is C25H24F4N2O2. The second-order valence-electron chi connectivity index (χ2n) is 9.36. The Hall–Kier alpha value is -2.74. The number of Topliss-reactive ketones (excluding diaryl/α,β-unsaturated/α-hetero) is 1. The highest BCUT2D eigenvalue weighted by Crippen LogP contribution is 2.55. The summed E-state index contributed by atoms with van der Waals surface area (Å²) in [6.07, 6.45) is -1.91. The number of carbonyl (C=O) groups is 1. The third-order valence-corrected chi connectivity index (χ3v) is 7.76. The molecule has 174 valence electrons. The molecule has 1 aromatic heterocycles. The van der Waals surface area contributed by atoms with Crippen molar-refractivity contribution in [1.29, 1.82) is 0 Å². The maximum absolute atomic E-state index is 13.7. The summed E-state index contributed by atoms with van der Waals surface area (Å²) in [5.41, 5.74) is -0.646. The highest BCUT2D eigenvalue weighted by Gasteiger charge is 2.65. The van der Waals surface area contributed by atoms with Crippen molar-refractivity contribution in [2.75, 3.05) is 0 Å². The maximum Gasteiger partial charge on any atom is 0.424 e. The third kappa shape index (κ3) is 3.21. The average Bonchev–Trinajstić information content (AvgIpc) is 3.11. The zero-order valence-electron chi connectivity index (χ0n) is 18.1. The molecule has 5 rings (SSSR count). The van der Waals surface area contributed by atoms with Gasteiger partial charge in [0.1, 0.15) is 5.82 Å². The summed E-state index contributed by atoms with van der Waals surface area (Å²) >= 11 is 0. The van der Waals surface area contributed by atoms with Gasteiger partial charge < -0.3 is 5.11 Å². The van der Waals surface area contributed by atoms with Crippen LogP contribution in [0.2, 0.25) is 0 Å². The van der Waals surface area contributed by atoms with Crippen LogP contribution in [0.4, 0.5) is 17.6 Å². The normalized spacial score (nSPS) is 27.8. The fourth-order valence-electron chi connectivity index (χ4n) is 5.93. The lowest BCUT2D eigenvalue weighted by atomic mass is 9.56. The SMILES string of the molecule is CC[C@@]12CC(=O)[C@](O)(C(F)(F)F)C[C@H]1CCCc1cc3c(cnn3-c3ccc(F)cc3)cc12. The summed E-state index contributed by atoms with van der Waals surface area (Å²) in [4.78, 5) is 12.8. The van der Waals surface area contributed by atoms with E-state index in [-0.39, 0.29) is 12.2 Å². The van der Waals surface area contributed by atoms with Crippen molar-refractivity contribution in [1.82, 2.24) is 9.78 Å². The van der Waals surface area contributed by atoms with Crippen molar-refractivity contribution >= 4 is 16.7 Å². The van der Waals surface area contributed by atoms with Gasteiger partial charge in [0, 0.05) is 17.2 Å². The molecule has 3 atom stereocenters. The quantitative estimate of drug-likeness (QED) is 0.520. The molecule has 4 nitrogen and oxygen atoms in total. The Balaban J connectivity index is 1.64. The van der Waals surface area contributed by atoms with Crippen molar-refractivity contribution in [3.8, 4) is 5.69 Å². The van der Waals surface area contributed by atoms with Gasteiger partial charge in [-0.05, 0) is 85.5 Å². The van der Waals surface area contributed by atoms with Crippen LogP contribution in [0.1, 0.15) is 50.2 Å². The van der Waals surface area contributed by atoms with Crippen LogP contribution in [-0.4, -0.2) is 32.4 Å². The number of carbonyl (C=O) groups excluding carboxylic acids is 1. The van der Waals surface area contributed by atoms with Crippen LogP contribution in [0.3, 0.4) is 0 Å². The minimum absolute atomic E-state index is 0.339. The lowest BCUT2D eigenvalue weighted by molar-refractivity contribution is -0.263. The molecule has 2 aliphatic rings. The molecule has 3 aromatic rings. The van der Waals surface area contributed by atoms with Crippen LogP contribution in [0.15, 0.2) is 42.6 Å². The minimum atomic E-state index is -4.99. The number of hydrogen-bond donors (Lipinski definition) is 1. The lowest BCUT2D eigenvalue weighted by Gasteiger charge is -2.49. The van der Waals surface area contributed by atoms with E-state index in [1.807, 2.05) is 19.1 Å². The van der Waals surface area contributed by atoms with Crippen molar-refractivity contribution < 1.29 is 27.5 Å². The Labute approximate surface area is 188 Å². The van der Waals surface area contributed by atoms with Crippen LogP contribution in [0, 0.1) is 11.7 Å². The molecule has 2 aromatic carbocycles. The number of aliphatic hydroxyl groups is 1.